The van der Waals surface area contributed by atoms with Gasteiger partial charge in [0, 0.05) is 1.37 Å². The summed E-state index contributed by atoms with van der Waals surface area (Å²) < 4.78 is 7.70. The van der Waals surface area contributed by atoms with Crippen molar-refractivity contribution in [1.82, 2.24) is 0 Å². The van der Waals surface area contributed by atoms with Crippen LogP contribution in [0, 0.1) is 0 Å². The Morgan fingerprint density at radius 2 is 2.20 bits per heavy atom. The van der Waals surface area contributed by atoms with Gasteiger partial charge in [0.05, 0.1) is 0 Å². The summed E-state index contributed by atoms with van der Waals surface area (Å²) in [5.74, 6) is 0. The largest absolute Gasteiger partial charge is 0.0836 e. The molecule has 0 heteroatoms. The fourth-order valence-corrected chi connectivity index (χ4v) is 1.24. The lowest BCUT2D eigenvalue weighted by Gasteiger charge is -2.07. The summed E-state index contributed by atoms with van der Waals surface area (Å²) in [5.41, 5.74) is 2.37. The van der Waals surface area contributed by atoms with Gasteiger partial charge in [-0.15, -0.1) is 0 Å². The maximum Gasteiger partial charge on any atom is 0.0319 e. The van der Waals surface area contributed by atoms with Crippen LogP contribution in [-0.4, -0.2) is 0 Å². The third-order valence-corrected chi connectivity index (χ3v) is 1.77. The van der Waals surface area contributed by atoms with E-state index >= 15 is 0 Å². The van der Waals surface area contributed by atoms with Crippen LogP contribution in [-0.2, 0) is 6.40 Å². The van der Waals surface area contributed by atoms with Crippen LogP contribution in [0.5, 0.6) is 0 Å². The molecule has 50 valence electrons. The van der Waals surface area contributed by atoms with Crippen molar-refractivity contribution < 1.29 is 1.37 Å². The van der Waals surface area contributed by atoms with E-state index in [0.29, 0.717) is 0 Å². The highest BCUT2D eigenvalue weighted by molar-refractivity contribution is 5.55. The molecule has 0 bridgehead atoms. The lowest BCUT2D eigenvalue weighted by Crippen LogP contribution is -1.91. The maximum absolute atomic E-state index is 7.70. The van der Waals surface area contributed by atoms with E-state index in [4.69, 9.17) is 1.37 Å². The molecule has 10 heavy (non-hydrogen) atoms. The molecule has 1 aliphatic rings. The second-order valence-electron chi connectivity index (χ2n) is 2.47. The Morgan fingerprint density at radius 1 is 1.30 bits per heavy atom. The molecule has 1 aromatic rings. The zero-order valence-electron chi connectivity index (χ0n) is 6.75. The summed E-state index contributed by atoms with van der Waals surface area (Å²) in [6, 6.07) is 8.11. The van der Waals surface area contributed by atoms with Crippen LogP contribution < -0.4 is 0 Å². The molecule has 0 aliphatic heterocycles. The Hall–Kier alpha value is -1.04. The Balaban J connectivity index is 2.54. The highest BCUT2D eigenvalue weighted by Crippen LogP contribution is 2.17. The number of rotatable bonds is 0. The van der Waals surface area contributed by atoms with Gasteiger partial charge in [-0.1, -0.05) is 36.4 Å². The highest BCUT2D eigenvalue weighted by Gasteiger charge is 2.00. The predicted molar refractivity (Wildman–Crippen MR) is 43.8 cm³/mol. The molecule has 0 aromatic heterocycles. The molecular weight excluding hydrogens is 120 g/mol. The first-order valence-corrected chi connectivity index (χ1v) is 3.55. The standard InChI is InChI=1S/C10H10/c1-2-6-10-8-4-3-7-9(10)5-1/h1-3,5-7H,4,8H2/i8D. The number of hydrogen-bond donors (Lipinski definition) is 0. The van der Waals surface area contributed by atoms with Crippen LogP contribution in [0.2, 0.25) is 0 Å². The molecule has 0 radical (unpaired) electrons. The molecule has 2 rings (SSSR count). The quantitative estimate of drug-likeness (QED) is 0.507. The topological polar surface area (TPSA) is 0 Å². The van der Waals surface area contributed by atoms with Crippen molar-refractivity contribution in [1.29, 1.82) is 0 Å². The average Bonchev–Trinajstić information content (AvgIpc) is 2.06. The summed E-state index contributed by atoms with van der Waals surface area (Å²) in [6.45, 7) is 0. The first-order valence-electron chi connectivity index (χ1n) is 4.13. The van der Waals surface area contributed by atoms with E-state index in [-0.39, 0.29) is 6.40 Å². The van der Waals surface area contributed by atoms with Crippen molar-refractivity contribution in [2.24, 2.45) is 0 Å². The minimum absolute atomic E-state index is 0.0452. The summed E-state index contributed by atoms with van der Waals surface area (Å²) in [6.07, 6.45) is 4.98. The number of hydrogen-bond acceptors (Lipinski definition) is 0. The van der Waals surface area contributed by atoms with Gasteiger partial charge >= 0.3 is 0 Å². The van der Waals surface area contributed by atoms with Gasteiger partial charge in [-0.05, 0) is 23.9 Å². The van der Waals surface area contributed by atoms with Crippen LogP contribution in [0.15, 0.2) is 30.3 Å². The monoisotopic (exact) mass is 131 g/mol. The molecule has 0 spiro atoms. The molecule has 1 aliphatic carbocycles. The average molecular weight is 131 g/mol. The van der Waals surface area contributed by atoms with Gasteiger partial charge in [-0.3, -0.25) is 0 Å². The molecule has 1 unspecified atom stereocenters. The second-order valence-corrected chi connectivity index (χ2v) is 2.47. The number of allylic oxidation sites excluding steroid dienone is 1. The van der Waals surface area contributed by atoms with E-state index in [1.54, 1.807) is 0 Å². The number of aryl methyl sites for hydroxylation is 1. The van der Waals surface area contributed by atoms with Gasteiger partial charge in [0.25, 0.3) is 0 Å². The van der Waals surface area contributed by atoms with Crippen LogP contribution >= 0.6 is 0 Å². The zero-order chi connectivity index (χ0) is 7.68. The van der Waals surface area contributed by atoms with Gasteiger partial charge in [-0.25, -0.2) is 0 Å². The van der Waals surface area contributed by atoms with Gasteiger partial charge < -0.3 is 0 Å². The van der Waals surface area contributed by atoms with Gasteiger partial charge in [-0.2, -0.15) is 0 Å². The van der Waals surface area contributed by atoms with E-state index < -0.39 is 0 Å². The minimum Gasteiger partial charge on any atom is -0.0836 e. The fraction of sp³-hybridized carbons (Fsp3) is 0.200. The minimum atomic E-state index is -0.0452. The second kappa shape index (κ2) is 2.30. The molecule has 0 nitrogen and oxygen atoms in total. The molecule has 0 saturated carbocycles. The molecule has 0 heterocycles. The van der Waals surface area contributed by atoms with Gasteiger partial charge in [0.15, 0.2) is 0 Å². The van der Waals surface area contributed by atoms with Crippen molar-refractivity contribution in [2.75, 3.05) is 0 Å². The van der Waals surface area contributed by atoms with Crippen molar-refractivity contribution in [3.63, 3.8) is 0 Å². The van der Waals surface area contributed by atoms with Crippen molar-refractivity contribution in [3.8, 4) is 0 Å². The first-order chi connectivity index (χ1) is 5.38. The summed E-state index contributed by atoms with van der Waals surface area (Å²) >= 11 is 0. The summed E-state index contributed by atoms with van der Waals surface area (Å²) in [4.78, 5) is 0. The van der Waals surface area contributed by atoms with E-state index in [2.05, 4.69) is 18.2 Å². The Labute approximate surface area is 62.6 Å². The van der Waals surface area contributed by atoms with Crippen LogP contribution in [0.3, 0.4) is 0 Å². The highest BCUT2D eigenvalue weighted by atomic mass is 14.1. The Morgan fingerprint density at radius 3 is 3.10 bits per heavy atom. The normalized spacial score (nSPS) is 23.6. The van der Waals surface area contributed by atoms with Gasteiger partial charge in [0.2, 0.25) is 0 Å². The zero-order valence-corrected chi connectivity index (χ0v) is 5.75. The maximum atomic E-state index is 7.70. The smallest absolute Gasteiger partial charge is 0.0319 e. The molecule has 0 amide bonds. The van der Waals surface area contributed by atoms with Gasteiger partial charge in [0.1, 0.15) is 0 Å². The number of benzene rings is 1. The van der Waals surface area contributed by atoms with E-state index in [1.165, 1.54) is 5.56 Å². The molecule has 0 fully saturated rings. The lowest BCUT2D eigenvalue weighted by molar-refractivity contribution is 0.986. The van der Waals surface area contributed by atoms with E-state index in [9.17, 15) is 0 Å². The predicted octanol–water partition coefficient (Wildman–Crippen LogP) is 2.65. The van der Waals surface area contributed by atoms with Crippen LogP contribution in [0.1, 0.15) is 18.9 Å². The van der Waals surface area contributed by atoms with Crippen molar-refractivity contribution in [3.05, 3.63) is 41.5 Å². The third-order valence-electron chi connectivity index (χ3n) is 1.77. The summed E-state index contributed by atoms with van der Waals surface area (Å²) in [7, 11) is 0. The molecular formula is C10H10. The van der Waals surface area contributed by atoms with E-state index in [0.717, 1.165) is 12.0 Å². The molecule has 1 atom stereocenters. The molecule has 0 N–H and O–H groups in total. The van der Waals surface area contributed by atoms with Crippen LogP contribution in [0.25, 0.3) is 6.08 Å². The fourth-order valence-electron chi connectivity index (χ4n) is 1.24. The SMILES string of the molecule is [2H]C1CC=Cc2ccccc21. The third kappa shape index (κ3) is 0.860. The Kier molecular flexibility index (Phi) is 1.09. The number of fused-ring (bicyclic) bond motifs is 1. The van der Waals surface area contributed by atoms with Crippen molar-refractivity contribution >= 4 is 6.08 Å². The van der Waals surface area contributed by atoms with Crippen LogP contribution in [0.4, 0.5) is 0 Å². The summed E-state index contributed by atoms with van der Waals surface area (Å²) in [5, 5.41) is 0. The van der Waals surface area contributed by atoms with E-state index in [1.807, 2.05) is 18.2 Å². The molecule has 1 aromatic carbocycles. The van der Waals surface area contributed by atoms with Crippen molar-refractivity contribution in [2.45, 2.75) is 12.8 Å². The lowest BCUT2D eigenvalue weighted by atomic mass is 9.98. The first kappa shape index (κ1) is 4.73. The molecule has 0 saturated heterocycles. The Bertz CT molecular complexity index is 289.